The van der Waals surface area contributed by atoms with Crippen molar-refractivity contribution in [3.63, 3.8) is 0 Å². The van der Waals surface area contributed by atoms with Crippen LogP contribution in [-0.2, 0) is 11.0 Å². The molecule has 0 aliphatic carbocycles. The molecule has 5 nitrogen and oxygen atoms in total. The van der Waals surface area contributed by atoms with E-state index in [2.05, 4.69) is 5.32 Å². The Hall–Kier alpha value is -3.03. The van der Waals surface area contributed by atoms with Gasteiger partial charge in [0.1, 0.15) is 5.75 Å². The van der Waals surface area contributed by atoms with Crippen LogP contribution < -0.4 is 10.1 Å². The average molecular weight is 366 g/mol. The Kier molecular flexibility index (Phi) is 5.86. The summed E-state index contributed by atoms with van der Waals surface area (Å²) in [5, 5.41) is 2.20. The number of carbonyl (C=O) groups is 2. The molecule has 0 fully saturated rings. The molecular formula is C18H17F3N2O3. The Balaban J connectivity index is 2.04. The molecule has 8 heteroatoms. The minimum absolute atomic E-state index is 0.330. The molecular weight excluding hydrogens is 349 g/mol. The highest BCUT2D eigenvalue weighted by Crippen LogP contribution is 2.34. The van der Waals surface area contributed by atoms with Crippen molar-refractivity contribution in [2.24, 2.45) is 0 Å². The van der Waals surface area contributed by atoms with E-state index in [4.69, 9.17) is 4.74 Å². The number of methoxy groups -OCH3 is 1. The molecule has 0 radical (unpaired) electrons. The van der Waals surface area contributed by atoms with Crippen molar-refractivity contribution in [1.29, 1.82) is 0 Å². The lowest BCUT2D eigenvalue weighted by molar-refractivity contribution is -0.137. The maximum absolute atomic E-state index is 12.9. The fourth-order valence-corrected chi connectivity index (χ4v) is 2.27. The van der Waals surface area contributed by atoms with Crippen LogP contribution in [0.25, 0.3) is 0 Å². The zero-order valence-electron chi connectivity index (χ0n) is 14.1. The third kappa shape index (κ3) is 4.75. The van der Waals surface area contributed by atoms with Gasteiger partial charge < -0.3 is 15.0 Å². The number of hydrogen-bond acceptors (Lipinski definition) is 3. The molecule has 26 heavy (non-hydrogen) atoms. The number of alkyl halides is 3. The van der Waals surface area contributed by atoms with E-state index in [0.717, 1.165) is 17.0 Å². The van der Waals surface area contributed by atoms with E-state index in [1.54, 1.807) is 12.1 Å². The third-order valence-corrected chi connectivity index (χ3v) is 3.57. The zero-order chi connectivity index (χ0) is 19.3. The quantitative estimate of drug-likeness (QED) is 0.882. The molecule has 138 valence electrons. The van der Waals surface area contributed by atoms with Crippen molar-refractivity contribution in [1.82, 2.24) is 4.90 Å². The number of benzene rings is 2. The van der Waals surface area contributed by atoms with Gasteiger partial charge in [-0.1, -0.05) is 12.1 Å². The number of carbonyl (C=O) groups excluding carboxylic acids is 2. The van der Waals surface area contributed by atoms with Crippen molar-refractivity contribution < 1.29 is 27.5 Å². The summed E-state index contributed by atoms with van der Waals surface area (Å²) >= 11 is 0. The van der Waals surface area contributed by atoms with Crippen molar-refractivity contribution in [3.8, 4) is 5.75 Å². The molecule has 0 bridgehead atoms. The third-order valence-electron chi connectivity index (χ3n) is 3.57. The number of hydrogen-bond donors (Lipinski definition) is 1. The number of nitrogens with zero attached hydrogens (tertiary/aromatic N) is 1. The number of amides is 2. The first kappa shape index (κ1) is 19.3. The molecule has 2 amide bonds. The summed E-state index contributed by atoms with van der Waals surface area (Å²) in [4.78, 5) is 25.4. The highest BCUT2D eigenvalue weighted by molar-refractivity contribution is 5.99. The van der Waals surface area contributed by atoms with Gasteiger partial charge in [0.25, 0.3) is 5.91 Å². The molecule has 0 aliphatic rings. The minimum atomic E-state index is -4.59. The van der Waals surface area contributed by atoms with Crippen molar-refractivity contribution in [2.75, 3.05) is 26.0 Å². The van der Waals surface area contributed by atoms with Crippen LogP contribution >= 0.6 is 0 Å². The molecule has 0 saturated heterocycles. The molecule has 0 unspecified atom stereocenters. The van der Waals surface area contributed by atoms with Gasteiger partial charge in [-0.05, 0) is 36.4 Å². The minimum Gasteiger partial charge on any atom is -0.497 e. The molecule has 0 saturated carbocycles. The van der Waals surface area contributed by atoms with Crippen LogP contribution in [0.5, 0.6) is 5.75 Å². The van der Waals surface area contributed by atoms with Gasteiger partial charge in [-0.25, -0.2) is 0 Å². The summed E-state index contributed by atoms with van der Waals surface area (Å²) in [7, 11) is 2.88. The number of nitrogens with one attached hydrogen (secondary N) is 1. The number of rotatable bonds is 5. The molecule has 2 rings (SSSR count). The predicted octanol–water partition coefficient (Wildman–Crippen LogP) is 3.42. The lowest BCUT2D eigenvalue weighted by Crippen LogP contribution is -2.35. The summed E-state index contributed by atoms with van der Waals surface area (Å²) in [6.07, 6.45) is -4.59. The van der Waals surface area contributed by atoms with Gasteiger partial charge in [0.15, 0.2) is 0 Å². The summed E-state index contributed by atoms with van der Waals surface area (Å²) in [5.74, 6) is -0.594. The Morgan fingerprint density at radius 3 is 2.27 bits per heavy atom. The topological polar surface area (TPSA) is 58.6 Å². The largest absolute Gasteiger partial charge is 0.497 e. The fourth-order valence-electron chi connectivity index (χ4n) is 2.27. The molecule has 0 atom stereocenters. The number of anilines is 1. The van der Waals surface area contributed by atoms with E-state index >= 15 is 0 Å². The number of para-hydroxylation sites is 1. The highest BCUT2D eigenvalue weighted by atomic mass is 19.4. The van der Waals surface area contributed by atoms with Crippen LogP contribution in [0, 0.1) is 0 Å². The zero-order valence-corrected chi connectivity index (χ0v) is 14.1. The van der Waals surface area contributed by atoms with Crippen molar-refractivity contribution >= 4 is 17.5 Å². The summed E-state index contributed by atoms with van der Waals surface area (Å²) < 4.78 is 43.8. The second kappa shape index (κ2) is 7.90. The van der Waals surface area contributed by atoms with E-state index in [1.165, 1.54) is 38.4 Å². The summed E-state index contributed by atoms with van der Waals surface area (Å²) in [5.41, 5.74) is -0.968. The number of ether oxygens (including phenoxy) is 1. The first-order chi connectivity index (χ1) is 12.2. The van der Waals surface area contributed by atoms with Gasteiger partial charge >= 0.3 is 6.18 Å². The second-order valence-electron chi connectivity index (χ2n) is 5.48. The Labute approximate surface area is 148 Å². The normalized spacial score (nSPS) is 11.0. The van der Waals surface area contributed by atoms with Crippen LogP contribution in [0.1, 0.15) is 15.9 Å². The second-order valence-corrected chi connectivity index (χ2v) is 5.48. The van der Waals surface area contributed by atoms with E-state index in [1.807, 2.05) is 0 Å². The molecule has 0 heterocycles. The van der Waals surface area contributed by atoms with Gasteiger partial charge in [-0.15, -0.1) is 0 Å². The Morgan fingerprint density at radius 1 is 1.08 bits per heavy atom. The first-order valence-electron chi connectivity index (χ1n) is 7.58. The molecule has 0 spiro atoms. The molecule has 2 aromatic rings. The maximum atomic E-state index is 12.9. The van der Waals surface area contributed by atoms with Gasteiger partial charge in [0, 0.05) is 12.6 Å². The Morgan fingerprint density at radius 2 is 1.69 bits per heavy atom. The predicted molar refractivity (Wildman–Crippen MR) is 90.0 cm³/mol. The molecule has 0 aromatic heterocycles. The number of halogens is 3. The van der Waals surface area contributed by atoms with Gasteiger partial charge in [-0.3, -0.25) is 9.59 Å². The van der Waals surface area contributed by atoms with Gasteiger partial charge in [-0.2, -0.15) is 13.2 Å². The van der Waals surface area contributed by atoms with Crippen LogP contribution in [-0.4, -0.2) is 37.4 Å². The molecule has 0 aliphatic heterocycles. The maximum Gasteiger partial charge on any atom is 0.418 e. The summed E-state index contributed by atoms with van der Waals surface area (Å²) in [6, 6.07) is 10.9. The van der Waals surface area contributed by atoms with Gasteiger partial charge in [0.05, 0.1) is 24.9 Å². The smallest absolute Gasteiger partial charge is 0.418 e. The highest BCUT2D eigenvalue weighted by Gasteiger charge is 2.33. The van der Waals surface area contributed by atoms with E-state index < -0.39 is 30.1 Å². The van der Waals surface area contributed by atoms with Crippen molar-refractivity contribution in [3.05, 3.63) is 59.7 Å². The standard InChI is InChI=1S/C18H17F3N2O3/c1-23(17(25)12-7-9-13(26-2)10-8-12)11-16(24)22-15-6-4-3-5-14(15)18(19,20)21/h3-10H,11H2,1-2H3,(H,22,24). The van der Waals surface area contributed by atoms with Crippen LogP contribution in [0.15, 0.2) is 48.5 Å². The van der Waals surface area contributed by atoms with Crippen LogP contribution in [0.2, 0.25) is 0 Å². The Bertz CT molecular complexity index is 789. The van der Waals surface area contributed by atoms with E-state index in [0.29, 0.717) is 11.3 Å². The lowest BCUT2D eigenvalue weighted by atomic mass is 10.1. The monoisotopic (exact) mass is 366 g/mol. The van der Waals surface area contributed by atoms with Gasteiger partial charge in [0.2, 0.25) is 5.91 Å². The van der Waals surface area contributed by atoms with Crippen LogP contribution in [0.4, 0.5) is 18.9 Å². The molecule has 2 aromatic carbocycles. The lowest BCUT2D eigenvalue weighted by Gasteiger charge is -2.18. The van der Waals surface area contributed by atoms with Crippen LogP contribution in [0.3, 0.4) is 0 Å². The number of likely N-dealkylation sites (N-methyl/N-ethyl adjacent to an activating group) is 1. The average Bonchev–Trinajstić information content (AvgIpc) is 2.60. The fraction of sp³-hybridized carbons (Fsp3) is 0.222. The van der Waals surface area contributed by atoms with E-state index in [9.17, 15) is 22.8 Å². The summed E-state index contributed by atoms with van der Waals surface area (Å²) in [6.45, 7) is -0.392. The molecule has 1 N–H and O–H groups in total. The van der Waals surface area contributed by atoms with E-state index in [-0.39, 0.29) is 5.69 Å². The first-order valence-corrected chi connectivity index (χ1v) is 7.58. The SMILES string of the molecule is COc1ccc(C(=O)N(C)CC(=O)Nc2ccccc2C(F)(F)F)cc1. The van der Waals surface area contributed by atoms with Crippen molar-refractivity contribution in [2.45, 2.75) is 6.18 Å².